The fourth-order valence-corrected chi connectivity index (χ4v) is 2.10. The summed E-state index contributed by atoms with van der Waals surface area (Å²) in [6.07, 6.45) is 4.10. The molecule has 2 rings (SSSR count). The van der Waals surface area contributed by atoms with Crippen LogP contribution in [0.5, 0.6) is 0 Å². The molecule has 0 bridgehead atoms. The molecule has 17 heavy (non-hydrogen) atoms. The van der Waals surface area contributed by atoms with Crippen LogP contribution >= 0.6 is 0 Å². The third kappa shape index (κ3) is 2.18. The second kappa shape index (κ2) is 5.04. The highest BCUT2D eigenvalue weighted by Crippen LogP contribution is 2.26. The van der Waals surface area contributed by atoms with E-state index in [1.54, 1.807) is 0 Å². The first-order chi connectivity index (χ1) is 8.27. The second-order valence-corrected chi connectivity index (χ2v) is 4.03. The third-order valence-electron chi connectivity index (χ3n) is 3.08. The smallest absolute Gasteiger partial charge is 0.324 e. The van der Waals surface area contributed by atoms with Crippen molar-refractivity contribution in [3.05, 3.63) is 35.9 Å². The topological polar surface area (TPSA) is 23.6 Å². The molecule has 3 nitrogen and oxygen atoms in total. The lowest BCUT2D eigenvalue weighted by Gasteiger charge is -2.31. The Kier molecular flexibility index (Phi) is 3.47. The zero-order valence-corrected chi connectivity index (χ0v) is 10.4. The van der Waals surface area contributed by atoms with E-state index >= 15 is 0 Å². The molecule has 1 aliphatic heterocycles. The number of rotatable bonds is 2. The molecule has 1 aromatic rings. The Hall–Kier alpha value is -1.77. The van der Waals surface area contributed by atoms with E-state index in [0.29, 0.717) is 6.54 Å². The Morgan fingerprint density at radius 1 is 1.29 bits per heavy atom. The van der Waals surface area contributed by atoms with Gasteiger partial charge in [-0.1, -0.05) is 30.4 Å². The minimum absolute atomic E-state index is 0.0896. The van der Waals surface area contributed by atoms with E-state index in [2.05, 4.69) is 6.08 Å². The fourth-order valence-electron chi connectivity index (χ4n) is 2.10. The van der Waals surface area contributed by atoms with Gasteiger partial charge in [-0.05, 0) is 25.5 Å². The number of para-hydroxylation sites is 1. The number of nitrogens with zero attached hydrogens (tertiary/aromatic N) is 2. The maximum absolute atomic E-state index is 12.3. The van der Waals surface area contributed by atoms with Crippen LogP contribution in [-0.4, -0.2) is 30.6 Å². The average molecular weight is 230 g/mol. The van der Waals surface area contributed by atoms with Gasteiger partial charge < -0.3 is 4.90 Å². The first-order valence-electron chi connectivity index (χ1n) is 6.10. The van der Waals surface area contributed by atoms with Crippen molar-refractivity contribution < 1.29 is 4.79 Å². The van der Waals surface area contributed by atoms with Crippen molar-refractivity contribution >= 4 is 17.8 Å². The Morgan fingerprint density at radius 3 is 2.71 bits per heavy atom. The number of hydrogen-bond acceptors (Lipinski definition) is 1. The highest BCUT2D eigenvalue weighted by atomic mass is 16.2. The lowest BCUT2D eigenvalue weighted by molar-refractivity contribution is 0.210. The average Bonchev–Trinajstić information content (AvgIpc) is 2.39. The summed E-state index contributed by atoms with van der Waals surface area (Å²) in [5, 5.41) is 0. The predicted molar refractivity (Wildman–Crippen MR) is 71.1 cm³/mol. The van der Waals surface area contributed by atoms with Crippen LogP contribution in [0.4, 0.5) is 10.5 Å². The number of carbonyl (C=O) groups excluding carboxylic acids is 1. The molecule has 0 saturated heterocycles. The molecule has 1 heterocycles. The molecule has 0 fully saturated rings. The minimum atomic E-state index is 0.0896. The number of fused-ring (bicyclic) bond motifs is 1. The van der Waals surface area contributed by atoms with Crippen molar-refractivity contribution in [2.75, 3.05) is 24.5 Å². The standard InChI is InChI=1S/C14H18N2O/c1-3-15(4-2)14(17)16-11-7-9-12-8-5-6-10-13(12)16/h5-10H,3-4,11H2,1-2H3. The molecule has 1 aromatic carbocycles. The van der Waals surface area contributed by atoms with Gasteiger partial charge >= 0.3 is 6.03 Å². The number of benzene rings is 1. The highest BCUT2D eigenvalue weighted by molar-refractivity contribution is 5.95. The van der Waals surface area contributed by atoms with E-state index in [0.717, 1.165) is 24.3 Å². The molecule has 0 N–H and O–H groups in total. The lowest BCUT2D eigenvalue weighted by Crippen LogP contribution is -2.44. The van der Waals surface area contributed by atoms with Gasteiger partial charge in [0, 0.05) is 19.6 Å². The Bertz CT molecular complexity index is 436. The molecule has 90 valence electrons. The molecule has 1 aliphatic rings. The summed E-state index contributed by atoms with van der Waals surface area (Å²) >= 11 is 0. The molecule has 0 saturated carbocycles. The van der Waals surface area contributed by atoms with Crippen molar-refractivity contribution in [3.63, 3.8) is 0 Å². The SMILES string of the molecule is CCN(CC)C(=O)N1CC=Cc2ccccc21. The van der Waals surface area contributed by atoms with Crippen molar-refractivity contribution in [2.45, 2.75) is 13.8 Å². The molecule has 0 spiro atoms. The summed E-state index contributed by atoms with van der Waals surface area (Å²) in [6, 6.07) is 8.09. The fraction of sp³-hybridized carbons (Fsp3) is 0.357. The summed E-state index contributed by atoms with van der Waals surface area (Å²) in [7, 11) is 0. The summed E-state index contributed by atoms with van der Waals surface area (Å²) < 4.78 is 0. The molecule has 0 aromatic heterocycles. The number of carbonyl (C=O) groups is 1. The van der Waals surface area contributed by atoms with Crippen molar-refractivity contribution in [1.29, 1.82) is 0 Å². The second-order valence-electron chi connectivity index (χ2n) is 4.03. The lowest BCUT2D eigenvalue weighted by atomic mass is 10.1. The van der Waals surface area contributed by atoms with Crippen molar-refractivity contribution in [1.82, 2.24) is 4.90 Å². The van der Waals surface area contributed by atoms with Crippen LogP contribution in [0.1, 0.15) is 19.4 Å². The molecule has 2 amide bonds. The van der Waals surface area contributed by atoms with Gasteiger partial charge in [0.1, 0.15) is 0 Å². The number of amides is 2. The van der Waals surface area contributed by atoms with Gasteiger partial charge in [0.05, 0.1) is 5.69 Å². The van der Waals surface area contributed by atoms with Crippen LogP contribution < -0.4 is 4.90 Å². The van der Waals surface area contributed by atoms with E-state index in [4.69, 9.17) is 0 Å². The summed E-state index contributed by atoms with van der Waals surface area (Å²) in [5.41, 5.74) is 2.12. The number of urea groups is 1. The van der Waals surface area contributed by atoms with Gasteiger partial charge in [-0.3, -0.25) is 4.90 Å². The van der Waals surface area contributed by atoms with Gasteiger partial charge in [0.2, 0.25) is 0 Å². The van der Waals surface area contributed by atoms with Crippen LogP contribution in [0, 0.1) is 0 Å². The Balaban J connectivity index is 2.29. The molecular formula is C14H18N2O. The summed E-state index contributed by atoms with van der Waals surface area (Å²) in [4.78, 5) is 16.0. The van der Waals surface area contributed by atoms with Gasteiger partial charge in [-0.2, -0.15) is 0 Å². The van der Waals surface area contributed by atoms with Crippen LogP contribution in [0.3, 0.4) is 0 Å². The normalized spacial score (nSPS) is 13.4. The quantitative estimate of drug-likeness (QED) is 0.766. The van der Waals surface area contributed by atoms with Crippen LogP contribution in [-0.2, 0) is 0 Å². The summed E-state index contributed by atoms with van der Waals surface area (Å²) in [6.45, 7) is 6.17. The van der Waals surface area contributed by atoms with E-state index in [9.17, 15) is 4.79 Å². The van der Waals surface area contributed by atoms with Crippen LogP contribution in [0.2, 0.25) is 0 Å². The molecule has 3 heteroatoms. The van der Waals surface area contributed by atoms with Gasteiger partial charge in [-0.15, -0.1) is 0 Å². The number of hydrogen-bond donors (Lipinski definition) is 0. The van der Waals surface area contributed by atoms with E-state index in [-0.39, 0.29) is 6.03 Å². The van der Waals surface area contributed by atoms with E-state index in [1.165, 1.54) is 0 Å². The summed E-state index contributed by atoms with van der Waals surface area (Å²) in [5.74, 6) is 0. The molecule has 0 atom stereocenters. The highest BCUT2D eigenvalue weighted by Gasteiger charge is 2.22. The maximum Gasteiger partial charge on any atom is 0.324 e. The Morgan fingerprint density at radius 2 is 2.00 bits per heavy atom. The van der Waals surface area contributed by atoms with Crippen molar-refractivity contribution in [3.8, 4) is 0 Å². The molecule has 0 radical (unpaired) electrons. The predicted octanol–water partition coefficient (Wildman–Crippen LogP) is 2.98. The first-order valence-corrected chi connectivity index (χ1v) is 6.10. The number of anilines is 1. The Labute approximate surface area is 102 Å². The third-order valence-corrected chi connectivity index (χ3v) is 3.08. The van der Waals surface area contributed by atoms with Crippen molar-refractivity contribution in [2.24, 2.45) is 0 Å². The molecule has 0 unspecified atom stereocenters. The minimum Gasteiger partial charge on any atom is -0.325 e. The van der Waals surface area contributed by atoms with Gasteiger partial charge in [0.15, 0.2) is 0 Å². The van der Waals surface area contributed by atoms with Crippen LogP contribution in [0.15, 0.2) is 30.3 Å². The van der Waals surface area contributed by atoms with Gasteiger partial charge in [-0.25, -0.2) is 4.79 Å². The zero-order chi connectivity index (χ0) is 12.3. The van der Waals surface area contributed by atoms with Gasteiger partial charge in [0.25, 0.3) is 0 Å². The van der Waals surface area contributed by atoms with Crippen LogP contribution in [0.25, 0.3) is 6.08 Å². The molecular weight excluding hydrogens is 212 g/mol. The maximum atomic E-state index is 12.3. The van der Waals surface area contributed by atoms with E-state index < -0.39 is 0 Å². The first kappa shape index (κ1) is 11.7. The van der Waals surface area contributed by atoms with E-state index in [1.807, 2.05) is 54.0 Å². The largest absolute Gasteiger partial charge is 0.325 e. The molecule has 0 aliphatic carbocycles. The monoisotopic (exact) mass is 230 g/mol. The zero-order valence-electron chi connectivity index (χ0n) is 10.4.